The van der Waals surface area contributed by atoms with Crippen molar-refractivity contribution in [1.82, 2.24) is 10.6 Å². The van der Waals surface area contributed by atoms with Crippen molar-refractivity contribution >= 4 is 11.8 Å². The monoisotopic (exact) mass is 332 g/mol. The van der Waals surface area contributed by atoms with Crippen LogP contribution in [0.2, 0.25) is 0 Å². The average molecular weight is 332 g/mol. The molecule has 0 unspecified atom stereocenters. The fourth-order valence-electron chi connectivity index (χ4n) is 2.24. The Labute approximate surface area is 141 Å². The summed E-state index contributed by atoms with van der Waals surface area (Å²) in [4.78, 5) is 24.5. The lowest BCUT2D eigenvalue weighted by atomic mass is 9.86. The molecule has 0 aliphatic rings. The number of furan rings is 2. The molecule has 0 fully saturated rings. The van der Waals surface area contributed by atoms with Crippen molar-refractivity contribution < 1.29 is 18.4 Å². The first-order chi connectivity index (χ1) is 11.2. The zero-order chi connectivity index (χ0) is 17.9. The Bertz CT molecular complexity index is 721. The Hall–Kier alpha value is -2.50. The molecule has 2 rings (SSSR count). The molecule has 2 amide bonds. The van der Waals surface area contributed by atoms with Gasteiger partial charge in [0.15, 0.2) is 0 Å². The molecule has 0 radical (unpaired) electrons. The van der Waals surface area contributed by atoms with Gasteiger partial charge in [-0.3, -0.25) is 9.59 Å². The number of aryl methyl sites for hydroxylation is 2. The van der Waals surface area contributed by atoms with Crippen LogP contribution in [0.25, 0.3) is 0 Å². The predicted octanol–water partition coefficient (Wildman–Crippen LogP) is 3.06. The van der Waals surface area contributed by atoms with E-state index in [1.807, 2.05) is 20.8 Å². The second-order valence-corrected chi connectivity index (χ2v) is 6.99. The Kier molecular flexibility index (Phi) is 5.17. The molecule has 2 N–H and O–H groups in total. The zero-order valence-corrected chi connectivity index (χ0v) is 14.7. The van der Waals surface area contributed by atoms with Gasteiger partial charge >= 0.3 is 0 Å². The number of amides is 2. The smallest absolute Gasteiger partial charge is 0.254 e. The van der Waals surface area contributed by atoms with Gasteiger partial charge in [0.05, 0.1) is 17.2 Å². The molecule has 24 heavy (non-hydrogen) atoms. The molecule has 2 aromatic heterocycles. The highest BCUT2D eigenvalue weighted by molar-refractivity contribution is 5.95. The van der Waals surface area contributed by atoms with Gasteiger partial charge in [-0.15, -0.1) is 0 Å². The van der Waals surface area contributed by atoms with Crippen molar-refractivity contribution in [1.29, 1.82) is 0 Å². The van der Waals surface area contributed by atoms with Gasteiger partial charge in [-0.1, -0.05) is 20.8 Å². The van der Waals surface area contributed by atoms with Crippen molar-refractivity contribution in [3.05, 3.63) is 47.3 Å². The fourth-order valence-corrected chi connectivity index (χ4v) is 2.24. The molecule has 2 aromatic rings. The van der Waals surface area contributed by atoms with Gasteiger partial charge < -0.3 is 19.5 Å². The first-order valence-corrected chi connectivity index (χ1v) is 7.86. The van der Waals surface area contributed by atoms with Crippen molar-refractivity contribution in [3.63, 3.8) is 0 Å². The van der Waals surface area contributed by atoms with Crippen LogP contribution in [0.15, 0.2) is 33.5 Å². The molecule has 6 nitrogen and oxygen atoms in total. The van der Waals surface area contributed by atoms with Crippen LogP contribution in [0.5, 0.6) is 0 Å². The minimum absolute atomic E-state index is 0.222. The van der Waals surface area contributed by atoms with E-state index in [-0.39, 0.29) is 23.3 Å². The van der Waals surface area contributed by atoms with E-state index in [4.69, 9.17) is 8.83 Å². The van der Waals surface area contributed by atoms with Gasteiger partial charge in [0.25, 0.3) is 11.8 Å². The third-order valence-electron chi connectivity index (χ3n) is 3.80. The lowest BCUT2D eigenvalue weighted by Crippen LogP contribution is -2.50. The maximum Gasteiger partial charge on any atom is 0.254 e. The van der Waals surface area contributed by atoms with Crippen molar-refractivity contribution in [2.45, 2.75) is 40.7 Å². The topological polar surface area (TPSA) is 84.5 Å². The van der Waals surface area contributed by atoms with Gasteiger partial charge in [0.2, 0.25) is 0 Å². The molecule has 0 saturated heterocycles. The summed E-state index contributed by atoms with van der Waals surface area (Å²) in [5.74, 6) is 0.905. The van der Waals surface area contributed by atoms with Crippen LogP contribution in [-0.2, 0) is 0 Å². The third kappa shape index (κ3) is 4.50. The van der Waals surface area contributed by atoms with E-state index < -0.39 is 0 Å². The Morgan fingerprint density at radius 1 is 1.00 bits per heavy atom. The molecule has 0 aromatic carbocycles. The SMILES string of the molecule is Cc1cc(C(=O)NC[C@H](NC(=O)c2coc(C)c2)C(C)(C)C)co1. The maximum absolute atomic E-state index is 12.3. The van der Waals surface area contributed by atoms with E-state index in [1.165, 1.54) is 12.5 Å². The van der Waals surface area contributed by atoms with Gasteiger partial charge in [-0.25, -0.2) is 0 Å². The molecule has 0 aliphatic carbocycles. The van der Waals surface area contributed by atoms with Crippen LogP contribution >= 0.6 is 0 Å². The van der Waals surface area contributed by atoms with Crippen LogP contribution in [0.4, 0.5) is 0 Å². The zero-order valence-electron chi connectivity index (χ0n) is 14.7. The predicted molar refractivity (Wildman–Crippen MR) is 89.9 cm³/mol. The van der Waals surface area contributed by atoms with Crippen molar-refractivity contribution in [2.75, 3.05) is 6.54 Å². The molecule has 1 atom stereocenters. The van der Waals surface area contributed by atoms with Crippen LogP contribution < -0.4 is 10.6 Å². The van der Waals surface area contributed by atoms with Crippen LogP contribution in [0.3, 0.4) is 0 Å². The minimum atomic E-state index is -0.239. The summed E-state index contributed by atoms with van der Waals surface area (Å²) in [5.41, 5.74) is 0.712. The van der Waals surface area contributed by atoms with Crippen LogP contribution in [-0.4, -0.2) is 24.4 Å². The van der Waals surface area contributed by atoms with E-state index >= 15 is 0 Å². The van der Waals surface area contributed by atoms with E-state index in [0.29, 0.717) is 29.2 Å². The quantitative estimate of drug-likeness (QED) is 0.881. The van der Waals surface area contributed by atoms with E-state index in [0.717, 1.165) is 0 Å². The standard InChI is InChI=1S/C18H24N2O4/c1-11-6-13(9-23-11)16(21)19-8-15(18(3,4)5)20-17(22)14-7-12(2)24-10-14/h6-7,9-10,15H,8H2,1-5H3,(H,19,21)(H,20,22)/t15-/m0/s1. The summed E-state index contributed by atoms with van der Waals surface area (Å²) in [6.07, 6.45) is 2.85. The summed E-state index contributed by atoms with van der Waals surface area (Å²) in [5, 5.41) is 5.81. The number of hydrogen-bond acceptors (Lipinski definition) is 4. The molecular weight excluding hydrogens is 308 g/mol. The molecule has 6 heteroatoms. The normalized spacial score (nSPS) is 12.7. The van der Waals surface area contributed by atoms with E-state index in [9.17, 15) is 9.59 Å². The first-order valence-electron chi connectivity index (χ1n) is 7.86. The van der Waals surface area contributed by atoms with E-state index in [2.05, 4.69) is 10.6 Å². The second-order valence-electron chi connectivity index (χ2n) is 6.99. The summed E-state index contributed by atoms with van der Waals surface area (Å²) in [6, 6.07) is 3.12. The van der Waals surface area contributed by atoms with Gasteiger partial charge in [0, 0.05) is 6.54 Å². The Morgan fingerprint density at radius 2 is 1.50 bits per heavy atom. The van der Waals surface area contributed by atoms with Gasteiger partial charge in [-0.2, -0.15) is 0 Å². The van der Waals surface area contributed by atoms with Crippen molar-refractivity contribution in [3.8, 4) is 0 Å². The summed E-state index contributed by atoms with van der Waals surface area (Å²) < 4.78 is 10.3. The highest BCUT2D eigenvalue weighted by atomic mass is 16.3. The highest BCUT2D eigenvalue weighted by Gasteiger charge is 2.27. The minimum Gasteiger partial charge on any atom is -0.469 e. The maximum atomic E-state index is 12.3. The van der Waals surface area contributed by atoms with Gasteiger partial charge in [-0.05, 0) is 31.4 Å². The lowest BCUT2D eigenvalue weighted by Gasteiger charge is -2.31. The number of carbonyl (C=O) groups excluding carboxylic acids is 2. The number of carbonyl (C=O) groups is 2. The molecule has 2 heterocycles. The van der Waals surface area contributed by atoms with Gasteiger partial charge in [0.1, 0.15) is 24.0 Å². The third-order valence-corrected chi connectivity index (χ3v) is 3.80. The lowest BCUT2D eigenvalue weighted by molar-refractivity contribution is 0.0871. The first kappa shape index (κ1) is 17.8. The van der Waals surface area contributed by atoms with Crippen molar-refractivity contribution in [2.24, 2.45) is 5.41 Å². The molecule has 0 saturated carbocycles. The molecule has 0 bridgehead atoms. The Morgan fingerprint density at radius 3 is 1.92 bits per heavy atom. The Balaban J connectivity index is 2.01. The molecule has 0 aliphatic heterocycles. The number of nitrogens with one attached hydrogen (secondary N) is 2. The van der Waals surface area contributed by atoms with Crippen LogP contribution in [0.1, 0.15) is 53.0 Å². The largest absolute Gasteiger partial charge is 0.469 e. The average Bonchev–Trinajstić information content (AvgIpc) is 3.10. The molecule has 0 spiro atoms. The highest BCUT2D eigenvalue weighted by Crippen LogP contribution is 2.20. The summed E-state index contributed by atoms with van der Waals surface area (Å²) in [7, 11) is 0. The molecule has 130 valence electrons. The molecular formula is C18H24N2O4. The second kappa shape index (κ2) is 6.95. The van der Waals surface area contributed by atoms with E-state index in [1.54, 1.807) is 26.0 Å². The fraction of sp³-hybridized carbons (Fsp3) is 0.444. The van der Waals surface area contributed by atoms with Crippen LogP contribution in [0, 0.1) is 19.3 Å². The summed E-state index contributed by atoms with van der Waals surface area (Å²) in [6.45, 7) is 9.90. The summed E-state index contributed by atoms with van der Waals surface area (Å²) >= 11 is 0. The number of hydrogen-bond donors (Lipinski definition) is 2. The number of rotatable bonds is 5.